The van der Waals surface area contributed by atoms with Crippen molar-refractivity contribution in [3.63, 3.8) is 0 Å². The van der Waals surface area contributed by atoms with Crippen LogP contribution in [-0.4, -0.2) is 35.3 Å². The molecule has 0 amide bonds. The molecule has 1 fully saturated rings. The van der Waals surface area contributed by atoms with E-state index < -0.39 is 0 Å². The predicted molar refractivity (Wildman–Crippen MR) is 77.3 cm³/mol. The Kier molecular flexibility index (Phi) is 5.14. The minimum atomic E-state index is 0.289. The van der Waals surface area contributed by atoms with Crippen molar-refractivity contribution in [3.8, 4) is 0 Å². The maximum Gasteiger partial charge on any atom is 0.147 e. The fourth-order valence-electron chi connectivity index (χ4n) is 2.47. The van der Waals surface area contributed by atoms with Gasteiger partial charge in [0, 0.05) is 25.5 Å². The molecule has 0 N–H and O–H groups in total. The van der Waals surface area contributed by atoms with Crippen LogP contribution < -0.4 is 4.90 Å². The van der Waals surface area contributed by atoms with Gasteiger partial charge in [-0.15, -0.1) is 0 Å². The highest BCUT2D eigenvalue weighted by atomic mass is 16.5. The van der Waals surface area contributed by atoms with Gasteiger partial charge in [0.25, 0.3) is 0 Å². The maximum absolute atomic E-state index is 6.21. The molecule has 0 aromatic carbocycles. The lowest BCUT2D eigenvalue weighted by Crippen LogP contribution is -2.49. The first kappa shape index (κ1) is 14.3. The monoisotopic (exact) mass is 263 g/mol. The zero-order chi connectivity index (χ0) is 13.7. The van der Waals surface area contributed by atoms with Crippen LogP contribution in [0.3, 0.4) is 0 Å². The average Bonchev–Trinajstić information content (AvgIpc) is 2.45. The normalized spacial score (nSPS) is 23.9. The van der Waals surface area contributed by atoms with E-state index in [1.165, 1.54) is 12.8 Å². The Labute approximate surface area is 116 Å². The minimum Gasteiger partial charge on any atom is -0.371 e. The van der Waals surface area contributed by atoms with Gasteiger partial charge in [0.2, 0.25) is 0 Å². The van der Waals surface area contributed by atoms with Crippen molar-refractivity contribution in [1.29, 1.82) is 0 Å². The number of anilines is 1. The fraction of sp³-hybridized carbons (Fsp3) is 0.733. The zero-order valence-electron chi connectivity index (χ0n) is 12.2. The van der Waals surface area contributed by atoms with Crippen molar-refractivity contribution in [1.82, 2.24) is 9.97 Å². The van der Waals surface area contributed by atoms with Crippen molar-refractivity contribution < 1.29 is 4.74 Å². The Morgan fingerprint density at radius 2 is 2.21 bits per heavy atom. The van der Waals surface area contributed by atoms with E-state index in [1.54, 1.807) is 12.4 Å². The standard InChI is InChI=1S/C15H25N3O/c1-4-5-6-13-10-18(11-14(19-13)12(2)3)15-9-16-7-8-17-15/h7-9,12-14H,4-6,10-11H2,1-3H3/t13-,14-/m1/s1. The van der Waals surface area contributed by atoms with Gasteiger partial charge in [-0.2, -0.15) is 0 Å². The Bertz CT molecular complexity index is 369. The van der Waals surface area contributed by atoms with E-state index >= 15 is 0 Å². The molecule has 1 aromatic heterocycles. The van der Waals surface area contributed by atoms with E-state index in [0.29, 0.717) is 12.0 Å². The van der Waals surface area contributed by atoms with Gasteiger partial charge in [-0.3, -0.25) is 4.98 Å². The average molecular weight is 263 g/mol. The smallest absolute Gasteiger partial charge is 0.147 e. The third-order valence-electron chi connectivity index (χ3n) is 3.69. The van der Waals surface area contributed by atoms with Gasteiger partial charge in [0.15, 0.2) is 0 Å². The third-order valence-corrected chi connectivity index (χ3v) is 3.69. The van der Waals surface area contributed by atoms with Gasteiger partial charge < -0.3 is 9.64 Å². The first-order valence-corrected chi connectivity index (χ1v) is 7.37. The summed E-state index contributed by atoms with van der Waals surface area (Å²) in [5.41, 5.74) is 0. The molecule has 2 atom stereocenters. The second kappa shape index (κ2) is 6.85. The van der Waals surface area contributed by atoms with E-state index in [0.717, 1.165) is 25.3 Å². The van der Waals surface area contributed by atoms with Gasteiger partial charge >= 0.3 is 0 Å². The molecular weight excluding hydrogens is 238 g/mol. The first-order valence-electron chi connectivity index (χ1n) is 7.37. The molecule has 0 spiro atoms. The molecule has 4 nitrogen and oxygen atoms in total. The molecule has 1 aliphatic heterocycles. The van der Waals surface area contributed by atoms with Crippen LogP contribution in [-0.2, 0) is 4.74 Å². The molecule has 1 saturated heterocycles. The summed E-state index contributed by atoms with van der Waals surface area (Å²) in [6.07, 6.45) is 9.52. The van der Waals surface area contributed by atoms with Gasteiger partial charge in [-0.25, -0.2) is 4.98 Å². The van der Waals surface area contributed by atoms with Crippen molar-refractivity contribution >= 4 is 5.82 Å². The Hall–Kier alpha value is -1.16. The molecule has 2 heterocycles. The lowest BCUT2D eigenvalue weighted by molar-refractivity contribution is -0.0521. The molecule has 0 saturated carbocycles. The number of nitrogens with zero attached hydrogens (tertiary/aromatic N) is 3. The molecule has 1 aliphatic rings. The minimum absolute atomic E-state index is 0.289. The summed E-state index contributed by atoms with van der Waals surface area (Å²) in [5.74, 6) is 1.50. The summed E-state index contributed by atoms with van der Waals surface area (Å²) in [6, 6.07) is 0. The largest absolute Gasteiger partial charge is 0.371 e. The molecule has 19 heavy (non-hydrogen) atoms. The maximum atomic E-state index is 6.21. The van der Waals surface area contributed by atoms with Crippen LogP contribution in [0.1, 0.15) is 40.0 Å². The summed E-state index contributed by atoms with van der Waals surface area (Å²) in [4.78, 5) is 10.9. The van der Waals surface area contributed by atoms with Crippen LogP contribution in [0.25, 0.3) is 0 Å². The van der Waals surface area contributed by atoms with Crippen LogP contribution in [0, 0.1) is 5.92 Å². The van der Waals surface area contributed by atoms with Crippen LogP contribution >= 0.6 is 0 Å². The van der Waals surface area contributed by atoms with E-state index in [-0.39, 0.29) is 6.10 Å². The van der Waals surface area contributed by atoms with E-state index in [2.05, 4.69) is 35.6 Å². The lowest BCUT2D eigenvalue weighted by Gasteiger charge is -2.40. The highest BCUT2D eigenvalue weighted by Gasteiger charge is 2.29. The van der Waals surface area contributed by atoms with Gasteiger partial charge in [-0.05, 0) is 12.3 Å². The van der Waals surface area contributed by atoms with Gasteiger partial charge in [0.05, 0.1) is 18.4 Å². The second-order valence-electron chi connectivity index (χ2n) is 5.65. The van der Waals surface area contributed by atoms with E-state index in [4.69, 9.17) is 4.74 Å². The van der Waals surface area contributed by atoms with Crippen LogP contribution in [0.2, 0.25) is 0 Å². The van der Waals surface area contributed by atoms with Gasteiger partial charge in [0.1, 0.15) is 5.82 Å². The first-order chi connectivity index (χ1) is 9.20. The number of ether oxygens (including phenoxy) is 1. The third kappa shape index (κ3) is 3.90. The lowest BCUT2D eigenvalue weighted by atomic mass is 10.0. The molecule has 1 aromatic rings. The molecular formula is C15H25N3O. The Morgan fingerprint density at radius 3 is 2.84 bits per heavy atom. The molecule has 2 rings (SSSR count). The van der Waals surface area contributed by atoms with Gasteiger partial charge in [-0.1, -0.05) is 33.6 Å². The second-order valence-corrected chi connectivity index (χ2v) is 5.65. The Balaban J connectivity index is 2.06. The summed E-state index contributed by atoms with van der Waals surface area (Å²) in [5, 5.41) is 0. The molecule has 0 aliphatic carbocycles. The number of rotatable bonds is 5. The number of hydrogen-bond acceptors (Lipinski definition) is 4. The SMILES string of the molecule is CCCC[C@@H]1CN(c2cnccn2)C[C@H](C(C)C)O1. The summed E-state index contributed by atoms with van der Waals surface area (Å²) in [6.45, 7) is 8.52. The topological polar surface area (TPSA) is 38.2 Å². The molecule has 0 unspecified atom stereocenters. The zero-order valence-corrected chi connectivity index (χ0v) is 12.2. The van der Waals surface area contributed by atoms with Crippen LogP contribution in [0.4, 0.5) is 5.82 Å². The van der Waals surface area contributed by atoms with Crippen molar-refractivity contribution in [2.75, 3.05) is 18.0 Å². The summed E-state index contributed by atoms with van der Waals surface area (Å²) in [7, 11) is 0. The predicted octanol–water partition coefficient (Wildman–Crippen LogP) is 2.90. The highest BCUT2D eigenvalue weighted by Crippen LogP contribution is 2.23. The summed E-state index contributed by atoms with van der Waals surface area (Å²) >= 11 is 0. The number of aromatic nitrogens is 2. The molecule has 0 radical (unpaired) electrons. The molecule has 106 valence electrons. The fourth-order valence-corrected chi connectivity index (χ4v) is 2.47. The Morgan fingerprint density at radius 1 is 1.37 bits per heavy atom. The van der Waals surface area contributed by atoms with Crippen LogP contribution in [0.15, 0.2) is 18.6 Å². The van der Waals surface area contributed by atoms with Crippen molar-refractivity contribution in [2.24, 2.45) is 5.92 Å². The molecule has 0 bridgehead atoms. The summed E-state index contributed by atoms with van der Waals surface area (Å²) < 4.78 is 6.21. The van der Waals surface area contributed by atoms with Crippen molar-refractivity contribution in [3.05, 3.63) is 18.6 Å². The molecule has 4 heteroatoms. The highest BCUT2D eigenvalue weighted by molar-refractivity contribution is 5.36. The number of morpholine rings is 1. The van der Waals surface area contributed by atoms with Crippen LogP contribution in [0.5, 0.6) is 0 Å². The quantitative estimate of drug-likeness (QED) is 0.818. The number of hydrogen-bond donors (Lipinski definition) is 0. The van der Waals surface area contributed by atoms with E-state index in [1.807, 2.05) is 6.20 Å². The van der Waals surface area contributed by atoms with E-state index in [9.17, 15) is 0 Å². The van der Waals surface area contributed by atoms with Crippen molar-refractivity contribution in [2.45, 2.75) is 52.2 Å². The number of unbranched alkanes of at least 4 members (excludes halogenated alkanes) is 1.